The second-order valence-corrected chi connectivity index (χ2v) is 2.63. The molecule has 0 aliphatic carbocycles. The molecule has 1 rings (SSSR count). The van der Waals surface area contributed by atoms with E-state index in [-0.39, 0.29) is 6.03 Å². The van der Waals surface area contributed by atoms with E-state index >= 15 is 0 Å². The van der Waals surface area contributed by atoms with Gasteiger partial charge in [0, 0.05) is 19.7 Å². The highest BCUT2D eigenvalue weighted by molar-refractivity contribution is 5.81. The number of carbonyl (C=O) groups excluding carboxylic acids is 1. The van der Waals surface area contributed by atoms with Crippen LogP contribution < -0.4 is 5.43 Å². The lowest BCUT2D eigenvalue weighted by molar-refractivity contribution is 0.218. The molecule has 0 radical (unpaired) electrons. The molecular formula is C8H11N3O2. The Kier molecular flexibility index (Phi) is 3.08. The highest BCUT2D eigenvalue weighted by Crippen LogP contribution is 1.94. The molecule has 0 saturated carbocycles. The molecule has 5 heteroatoms. The molecule has 0 aliphatic heterocycles. The Hall–Kier alpha value is -1.78. The van der Waals surface area contributed by atoms with Gasteiger partial charge >= 0.3 is 6.03 Å². The summed E-state index contributed by atoms with van der Waals surface area (Å²) in [7, 11) is 3.28. The van der Waals surface area contributed by atoms with Gasteiger partial charge in [0.15, 0.2) is 0 Å². The molecule has 0 saturated heterocycles. The third-order valence-electron chi connectivity index (χ3n) is 1.32. The molecule has 0 unspecified atom stereocenters. The molecule has 70 valence electrons. The Bertz CT molecular complexity index is 290. The predicted octanol–water partition coefficient (Wildman–Crippen LogP) is 0.885. The highest BCUT2D eigenvalue weighted by atomic mass is 16.3. The van der Waals surface area contributed by atoms with Gasteiger partial charge in [-0.2, -0.15) is 5.10 Å². The summed E-state index contributed by atoms with van der Waals surface area (Å²) in [5.74, 6) is 0. The zero-order chi connectivity index (χ0) is 9.68. The van der Waals surface area contributed by atoms with Gasteiger partial charge in [0.25, 0.3) is 0 Å². The van der Waals surface area contributed by atoms with Crippen LogP contribution in [0.3, 0.4) is 0 Å². The molecule has 5 nitrogen and oxygen atoms in total. The molecule has 0 fully saturated rings. The van der Waals surface area contributed by atoms with Crippen LogP contribution in [0, 0.1) is 0 Å². The van der Waals surface area contributed by atoms with E-state index in [1.165, 1.54) is 23.6 Å². The Labute approximate surface area is 76.0 Å². The largest absolute Gasteiger partial charge is 0.472 e. The maximum absolute atomic E-state index is 10.9. The van der Waals surface area contributed by atoms with Gasteiger partial charge in [-0.25, -0.2) is 10.2 Å². The summed E-state index contributed by atoms with van der Waals surface area (Å²) >= 11 is 0. The third kappa shape index (κ3) is 2.98. The van der Waals surface area contributed by atoms with Crippen LogP contribution in [0.1, 0.15) is 5.56 Å². The predicted molar refractivity (Wildman–Crippen MR) is 48.5 cm³/mol. The van der Waals surface area contributed by atoms with Crippen LogP contribution in [-0.2, 0) is 0 Å². The van der Waals surface area contributed by atoms with Crippen LogP contribution in [0.25, 0.3) is 0 Å². The molecule has 0 atom stereocenters. The van der Waals surface area contributed by atoms with E-state index in [1.807, 2.05) is 0 Å². The smallest absolute Gasteiger partial charge is 0.337 e. The highest BCUT2D eigenvalue weighted by Gasteiger charge is 1.98. The first-order valence-corrected chi connectivity index (χ1v) is 3.72. The van der Waals surface area contributed by atoms with Gasteiger partial charge in [0.2, 0.25) is 0 Å². The second-order valence-electron chi connectivity index (χ2n) is 2.63. The summed E-state index contributed by atoms with van der Waals surface area (Å²) in [5, 5.41) is 3.71. The van der Waals surface area contributed by atoms with E-state index in [4.69, 9.17) is 4.42 Å². The first kappa shape index (κ1) is 9.31. The van der Waals surface area contributed by atoms with E-state index in [2.05, 4.69) is 10.5 Å². The molecule has 0 aliphatic rings. The number of hydrazone groups is 1. The van der Waals surface area contributed by atoms with Crippen LogP contribution >= 0.6 is 0 Å². The lowest BCUT2D eigenvalue weighted by Gasteiger charge is -2.07. The third-order valence-corrected chi connectivity index (χ3v) is 1.32. The number of furan rings is 1. The lowest BCUT2D eigenvalue weighted by atomic mass is 10.4. The number of rotatable bonds is 2. The van der Waals surface area contributed by atoms with Gasteiger partial charge in [-0.1, -0.05) is 0 Å². The van der Waals surface area contributed by atoms with Crippen LogP contribution in [-0.4, -0.2) is 31.2 Å². The normalized spacial score (nSPS) is 10.3. The average Bonchev–Trinajstić information content (AvgIpc) is 2.56. The van der Waals surface area contributed by atoms with Crippen molar-refractivity contribution in [2.45, 2.75) is 0 Å². The fraction of sp³-hybridized carbons (Fsp3) is 0.250. The van der Waals surface area contributed by atoms with Crippen LogP contribution in [0.5, 0.6) is 0 Å². The standard InChI is InChI=1S/C8H11N3O2/c1-11(2)8(12)10-9-5-7-3-4-13-6-7/h3-6H,1-2H3,(H,10,12)/b9-5+. The maximum atomic E-state index is 10.9. The van der Waals surface area contributed by atoms with Crippen molar-refractivity contribution in [3.63, 3.8) is 0 Å². The summed E-state index contributed by atoms with van der Waals surface area (Å²) in [6.45, 7) is 0. The summed E-state index contributed by atoms with van der Waals surface area (Å²) in [6.07, 6.45) is 4.57. The Balaban J connectivity index is 2.39. The number of amides is 2. The monoisotopic (exact) mass is 181 g/mol. The molecule has 0 aromatic carbocycles. The summed E-state index contributed by atoms with van der Waals surface area (Å²) in [6, 6.07) is 1.48. The van der Waals surface area contributed by atoms with Crippen LogP contribution in [0.2, 0.25) is 0 Å². The van der Waals surface area contributed by atoms with Crippen molar-refractivity contribution < 1.29 is 9.21 Å². The minimum absolute atomic E-state index is 0.264. The van der Waals surface area contributed by atoms with Crippen molar-refractivity contribution in [3.8, 4) is 0 Å². The van der Waals surface area contributed by atoms with Gasteiger partial charge in [-0.15, -0.1) is 0 Å². The number of nitrogens with zero attached hydrogens (tertiary/aromatic N) is 2. The molecule has 0 bridgehead atoms. The van der Waals surface area contributed by atoms with E-state index < -0.39 is 0 Å². The van der Waals surface area contributed by atoms with E-state index in [0.717, 1.165) is 5.56 Å². The molecule has 1 aromatic heterocycles. The number of hydrogen-bond acceptors (Lipinski definition) is 3. The SMILES string of the molecule is CN(C)C(=O)N/N=C/c1ccoc1. The second kappa shape index (κ2) is 4.30. The van der Waals surface area contributed by atoms with Crippen molar-refractivity contribution >= 4 is 12.2 Å². The number of carbonyl (C=O) groups is 1. The summed E-state index contributed by atoms with van der Waals surface area (Å²) < 4.78 is 4.81. The van der Waals surface area contributed by atoms with Crippen molar-refractivity contribution in [1.82, 2.24) is 10.3 Å². The van der Waals surface area contributed by atoms with Crippen molar-refractivity contribution in [1.29, 1.82) is 0 Å². The zero-order valence-corrected chi connectivity index (χ0v) is 7.52. The quantitative estimate of drug-likeness (QED) is 0.544. The Morgan fingerprint density at radius 3 is 3.00 bits per heavy atom. The van der Waals surface area contributed by atoms with Gasteiger partial charge in [0.1, 0.15) is 0 Å². The molecular weight excluding hydrogens is 170 g/mol. The van der Waals surface area contributed by atoms with Crippen molar-refractivity contribution in [3.05, 3.63) is 24.2 Å². The van der Waals surface area contributed by atoms with Gasteiger partial charge in [-0.3, -0.25) is 0 Å². The van der Waals surface area contributed by atoms with E-state index in [1.54, 1.807) is 20.2 Å². The van der Waals surface area contributed by atoms with Gasteiger partial charge in [-0.05, 0) is 6.07 Å². The fourth-order valence-corrected chi connectivity index (χ4v) is 0.610. The average molecular weight is 181 g/mol. The molecule has 2 amide bonds. The van der Waals surface area contributed by atoms with Crippen molar-refractivity contribution in [2.24, 2.45) is 5.10 Å². The first-order chi connectivity index (χ1) is 6.20. The number of hydrogen-bond donors (Lipinski definition) is 1. The molecule has 1 N–H and O–H groups in total. The summed E-state index contributed by atoms with van der Waals surface area (Å²) in [5.41, 5.74) is 3.14. The summed E-state index contributed by atoms with van der Waals surface area (Å²) in [4.78, 5) is 12.3. The van der Waals surface area contributed by atoms with E-state index in [9.17, 15) is 4.79 Å². The van der Waals surface area contributed by atoms with Gasteiger partial charge < -0.3 is 9.32 Å². The van der Waals surface area contributed by atoms with Gasteiger partial charge in [0.05, 0.1) is 18.7 Å². The number of nitrogens with one attached hydrogen (secondary N) is 1. The Morgan fingerprint density at radius 1 is 1.69 bits per heavy atom. The molecule has 13 heavy (non-hydrogen) atoms. The first-order valence-electron chi connectivity index (χ1n) is 3.72. The maximum Gasteiger partial charge on any atom is 0.337 e. The fourth-order valence-electron chi connectivity index (χ4n) is 0.610. The van der Waals surface area contributed by atoms with Crippen LogP contribution in [0.15, 0.2) is 28.1 Å². The van der Waals surface area contributed by atoms with Crippen molar-refractivity contribution in [2.75, 3.05) is 14.1 Å². The van der Waals surface area contributed by atoms with E-state index in [0.29, 0.717) is 0 Å². The Morgan fingerprint density at radius 2 is 2.46 bits per heavy atom. The molecule has 1 heterocycles. The number of urea groups is 1. The minimum Gasteiger partial charge on any atom is -0.472 e. The molecule has 1 aromatic rings. The molecule has 0 spiro atoms. The zero-order valence-electron chi connectivity index (χ0n) is 7.52. The topological polar surface area (TPSA) is 57.8 Å². The van der Waals surface area contributed by atoms with Crippen LogP contribution in [0.4, 0.5) is 4.79 Å². The lowest BCUT2D eigenvalue weighted by Crippen LogP contribution is -2.31. The minimum atomic E-state index is -0.264.